The van der Waals surface area contributed by atoms with Crippen molar-refractivity contribution >= 4 is 40.5 Å². The number of nitrogens with zero attached hydrogens (tertiary/aromatic N) is 2. The van der Waals surface area contributed by atoms with Crippen LogP contribution in [-0.2, 0) is 11.2 Å². The van der Waals surface area contributed by atoms with Crippen LogP contribution in [0.25, 0.3) is 0 Å². The first-order chi connectivity index (χ1) is 12.9. The maximum absolute atomic E-state index is 12.6. The highest BCUT2D eigenvalue weighted by Crippen LogP contribution is 2.37. The van der Waals surface area contributed by atoms with E-state index in [0.29, 0.717) is 12.2 Å². The Hall–Kier alpha value is -2.93. The van der Waals surface area contributed by atoms with Crippen LogP contribution in [0.5, 0.6) is 0 Å². The number of carbonyl (C=O) groups is 2. The average Bonchev–Trinajstić information content (AvgIpc) is 3.40. The molecule has 0 spiro atoms. The molecule has 0 bridgehead atoms. The molecule has 27 heavy (non-hydrogen) atoms. The smallest absolute Gasteiger partial charge is 0.282 e. The highest BCUT2D eigenvalue weighted by atomic mass is 35.5. The number of halogens is 1. The van der Waals surface area contributed by atoms with Crippen molar-refractivity contribution in [1.29, 1.82) is 0 Å². The molecule has 0 unspecified atom stereocenters. The first-order valence-corrected chi connectivity index (χ1v) is 9.01. The Morgan fingerprint density at radius 1 is 1.19 bits per heavy atom. The quantitative estimate of drug-likeness (QED) is 0.640. The highest BCUT2D eigenvalue weighted by Gasteiger charge is 2.36. The Balaban J connectivity index is 1.60. The lowest BCUT2D eigenvalue weighted by molar-refractivity contribution is -0.385. The normalized spacial score (nSPS) is 15.4. The fourth-order valence-corrected chi connectivity index (χ4v) is 3.46. The summed E-state index contributed by atoms with van der Waals surface area (Å²) in [5.41, 5.74) is 1.90. The minimum atomic E-state index is -0.623. The molecule has 0 saturated heterocycles. The first kappa shape index (κ1) is 17.5. The molecule has 0 radical (unpaired) electrons. The van der Waals surface area contributed by atoms with Gasteiger partial charge in [0.1, 0.15) is 5.56 Å². The van der Waals surface area contributed by atoms with Crippen molar-refractivity contribution in [1.82, 2.24) is 0 Å². The summed E-state index contributed by atoms with van der Waals surface area (Å²) >= 11 is 5.89. The molecule has 0 atom stereocenters. The molecule has 1 N–H and O–H groups in total. The summed E-state index contributed by atoms with van der Waals surface area (Å²) in [6.45, 7) is 0.641. The Morgan fingerprint density at radius 3 is 2.67 bits per heavy atom. The number of rotatable bonds is 4. The van der Waals surface area contributed by atoms with E-state index in [-0.39, 0.29) is 28.1 Å². The molecule has 2 aliphatic rings. The zero-order valence-corrected chi connectivity index (χ0v) is 15.0. The van der Waals surface area contributed by atoms with E-state index in [9.17, 15) is 19.7 Å². The van der Waals surface area contributed by atoms with Crippen molar-refractivity contribution in [3.05, 3.63) is 62.7 Å². The molecular weight excluding hydrogens is 370 g/mol. The summed E-state index contributed by atoms with van der Waals surface area (Å²) in [7, 11) is 0. The molecule has 2 aromatic carbocycles. The number of fused-ring (bicyclic) bond motifs is 1. The third-order valence-corrected chi connectivity index (χ3v) is 5.07. The van der Waals surface area contributed by atoms with Crippen molar-refractivity contribution in [2.75, 3.05) is 16.8 Å². The standard InChI is InChI=1S/C19H16ClN3O4/c20-13-4-6-16(23(26)27)15(9-13)18(24)21-14-5-3-11-7-8-22(17(11)10-14)19(25)12-1-2-12/h3-6,9-10,12H,1-2,7-8H2,(H,21,24). The van der Waals surface area contributed by atoms with E-state index < -0.39 is 10.8 Å². The molecule has 1 fully saturated rings. The van der Waals surface area contributed by atoms with Gasteiger partial charge in [0.25, 0.3) is 11.6 Å². The van der Waals surface area contributed by atoms with Crippen LogP contribution in [0, 0.1) is 16.0 Å². The molecule has 2 amide bonds. The molecule has 4 rings (SSSR count). The van der Waals surface area contributed by atoms with Gasteiger partial charge in [-0.25, -0.2) is 0 Å². The van der Waals surface area contributed by atoms with Crippen molar-refractivity contribution in [3.8, 4) is 0 Å². The molecule has 1 aliphatic heterocycles. The van der Waals surface area contributed by atoms with E-state index in [1.807, 2.05) is 6.07 Å². The van der Waals surface area contributed by atoms with E-state index in [2.05, 4.69) is 5.32 Å². The SMILES string of the molecule is O=C(Nc1ccc2c(c1)N(C(=O)C1CC1)CC2)c1cc(Cl)ccc1[N+](=O)[O-]. The summed E-state index contributed by atoms with van der Waals surface area (Å²) in [6.07, 6.45) is 2.64. The van der Waals surface area contributed by atoms with Gasteiger partial charge in [0.2, 0.25) is 5.91 Å². The lowest BCUT2D eigenvalue weighted by Gasteiger charge is -2.18. The second kappa shape index (κ2) is 6.66. The predicted octanol–water partition coefficient (Wildman–Crippen LogP) is 3.80. The van der Waals surface area contributed by atoms with Crippen LogP contribution in [-0.4, -0.2) is 23.3 Å². The van der Waals surface area contributed by atoms with Gasteiger partial charge in [-0.05, 0) is 49.1 Å². The number of anilines is 2. The van der Waals surface area contributed by atoms with Gasteiger partial charge < -0.3 is 10.2 Å². The van der Waals surface area contributed by atoms with E-state index in [1.54, 1.807) is 17.0 Å². The molecule has 7 nitrogen and oxygen atoms in total. The molecule has 1 heterocycles. The Labute approximate surface area is 160 Å². The Morgan fingerprint density at radius 2 is 1.96 bits per heavy atom. The Kier molecular flexibility index (Phi) is 4.31. The minimum Gasteiger partial charge on any atom is -0.322 e. The van der Waals surface area contributed by atoms with E-state index in [4.69, 9.17) is 11.6 Å². The lowest BCUT2D eigenvalue weighted by atomic mass is 10.1. The van der Waals surface area contributed by atoms with Gasteiger partial charge in [0.05, 0.1) is 4.92 Å². The predicted molar refractivity (Wildman–Crippen MR) is 101 cm³/mol. The zero-order chi connectivity index (χ0) is 19.1. The Bertz CT molecular complexity index is 971. The van der Waals surface area contributed by atoms with Gasteiger partial charge in [-0.2, -0.15) is 0 Å². The summed E-state index contributed by atoms with van der Waals surface area (Å²) in [5, 5.41) is 14.1. The third kappa shape index (κ3) is 3.38. The molecule has 1 aliphatic carbocycles. The monoisotopic (exact) mass is 385 g/mol. The maximum atomic E-state index is 12.6. The summed E-state index contributed by atoms with van der Waals surface area (Å²) in [4.78, 5) is 37.3. The summed E-state index contributed by atoms with van der Waals surface area (Å²) in [6, 6.07) is 9.20. The number of nitro benzene ring substituents is 1. The van der Waals surface area contributed by atoms with Gasteiger partial charge in [-0.1, -0.05) is 17.7 Å². The third-order valence-electron chi connectivity index (χ3n) is 4.83. The molecule has 2 aromatic rings. The van der Waals surface area contributed by atoms with Crippen molar-refractivity contribution in [2.45, 2.75) is 19.3 Å². The number of nitrogens with one attached hydrogen (secondary N) is 1. The first-order valence-electron chi connectivity index (χ1n) is 8.63. The fourth-order valence-electron chi connectivity index (χ4n) is 3.28. The van der Waals surface area contributed by atoms with Gasteiger partial charge >= 0.3 is 0 Å². The second-order valence-corrected chi connectivity index (χ2v) is 7.17. The molecule has 8 heteroatoms. The largest absolute Gasteiger partial charge is 0.322 e. The average molecular weight is 386 g/mol. The van der Waals surface area contributed by atoms with E-state index in [1.165, 1.54) is 18.2 Å². The van der Waals surface area contributed by atoms with Crippen LogP contribution in [0.4, 0.5) is 17.1 Å². The highest BCUT2D eigenvalue weighted by molar-refractivity contribution is 6.31. The maximum Gasteiger partial charge on any atom is 0.282 e. The van der Waals surface area contributed by atoms with Gasteiger partial charge in [0.15, 0.2) is 0 Å². The van der Waals surface area contributed by atoms with Gasteiger partial charge in [-0.15, -0.1) is 0 Å². The van der Waals surface area contributed by atoms with Crippen molar-refractivity contribution in [3.63, 3.8) is 0 Å². The lowest BCUT2D eigenvalue weighted by Crippen LogP contribution is -2.30. The number of nitro groups is 1. The van der Waals surface area contributed by atoms with Crippen LogP contribution in [0.2, 0.25) is 5.02 Å². The molecule has 1 saturated carbocycles. The van der Waals surface area contributed by atoms with Crippen molar-refractivity contribution < 1.29 is 14.5 Å². The number of amides is 2. The van der Waals surface area contributed by atoms with Crippen LogP contribution < -0.4 is 10.2 Å². The number of hydrogen-bond acceptors (Lipinski definition) is 4. The zero-order valence-electron chi connectivity index (χ0n) is 14.3. The number of hydrogen-bond donors (Lipinski definition) is 1. The van der Waals surface area contributed by atoms with Gasteiger partial charge in [-0.3, -0.25) is 19.7 Å². The second-order valence-electron chi connectivity index (χ2n) is 6.73. The summed E-state index contributed by atoms with van der Waals surface area (Å²) in [5.74, 6) is -0.381. The van der Waals surface area contributed by atoms with Crippen molar-refractivity contribution in [2.24, 2.45) is 5.92 Å². The van der Waals surface area contributed by atoms with Gasteiger partial charge in [0, 0.05) is 34.9 Å². The van der Waals surface area contributed by atoms with E-state index in [0.717, 1.165) is 30.5 Å². The van der Waals surface area contributed by atoms with Crippen LogP contribution >= 0.6 is 11.6 Å². The molecule has 0 aromatic heterocycles. The van der Waals surface area contributed by atoms with E-state index >= 15 is 0 Å². The number of benzene rings is 2. The summed E-state index contributed by atoms with van der Waals surface area (Å²) < 4.78 is 0. The number of carbonyl (C=O) groups excluding carboxylic acids is 2. The minimum absolute atomic E-state index is 0.112. The molecular formula is C19H16ClN3O4. The van der Waals surface area contributed by atoms with Crippen LogP contribution in [0.3, 0.4) is 0 Å². The van der Waals surface area contributed by atoms with Crippen LogP contribution in [0.15, 0.2) is 36.4 Å². The van der Waals surface area contributed by atoms with Crippen LogP contribution in [0.1, 0.15) is 28.8 Å². The fraction of sp³-hybridized carbons (Fsp3) is 0.263. The topological polar surface area (TPSA) is 92.6 Å². The molecule has 138 valence electrons.